The van der Waals surface area contributed by atoms with Gasteiger partial charge in [-0.2, -0.15) is 0 Å². The average Bonchev–Trinajstić information content (AvgIpc) is 3.21. The van der Waals surface area contributed by atoms with Gasteiger partial charge in [-0.1, -0.05) is 51.6 Å². The smallest absolute Gasteiger partial charge is 0.127 e. The normalized spacial score (nSPS) is 10.4. The molecule has 0 atom stereocenters. The molecule has 58 heavy (non-hydrogen) atoms. The van der Waals surface area contributed by atoms with Crippen LogP contribution in [0, 0.1) is 20.8 Å². The second-order valence-electron chi connectivity index (χ2n) is 14.2. The summed E-state index contributed by atoms with van der Waals surface area (Å²) in [6.45, 7) is 10.4. The second-order valence-corrected chi connectivity index (χ2v) is 14.2. The SMILES string of the molecule is C.CC(C)(c1ccc(Oc2ccc(N)cc2)cc1)c1ccc(Oc2ccc(N)cc2)cc1.Cc1cc(C)c(N)c(C)c1N.Nc1ccc(Oc2ccc(N)cc2)cc1. The van der Waals surface area contributed by atoms with E-state index in [-0.39, 0.29) is 12.8 Å². The molecular weight excluding hydrogens is 721 g/mol. The molecule has 9 nitrogen and oxygen atoms in total. The Balaban J connectivity index is 0.000000228. The molecule has 0 aliphatic rings. The molecule has 0 aliphatic heterocycles. The van der Waals surface area contributed by atoms with Gasteiger partial charge in [0.2, 0.25) is 0 Å². The molecule has 0 fully saturated rings. The zero-order valence-electron chi connectivity index (χ0n) is 33.1. The van der Waals surface area contributed by atoms with Crippen molar-refractivity contribution in [3.05, 3.63) is 179 Å². The highest BCUT2D eigenvalue weighted by Crippen LogP contribution is 2.35. The van der Waals surface area contributed by atoms with Gasteiger partial charge in [-0.15, -0.1) is 0 Å². The Morgan fingerprint density at radius 3 is 0.776 bits per heavy atom. The van der Waals surface area contributed by atoms with E-state index in [2.05, 4.69) is 38.1 Å². The van der Waals surface area contributed by atoms with Crippen LogP contribution in [-0.4, -0.2) is 0 Å². The first kappa shape index (κ1) is 43.5. The molecule has 9 heteroatoms. The van der Waals surface area contributed by atoms with Crippen LogP contribution in [0.1, 0.15) is 49.1 Å². The van der Waals surface area contributed by atoms with Crippen LogP contribution in [0.4, 0.5) is 34.1 Å². The van der Waals surface area contributed by atoms with Gasteiger partial charge >= 0.3 is 0 Å². The topological polar surface area (TPSA) is 184 Å². The molecule has 300 valence electrons. The van der Waals surface area contributed by atoms with Crippen LogP contribution in [0.3, 0.4) is 0 Å². The fraction of sp³-hybridized carbons (Fsp3) is 0.143. The molecule has 0 radical (unpaired) electrons. The first-order chi connectivity index (χ1) is 27.2. The Hall–Kier alpha value is -7.26. The van der Waals surface area contributed by atoms with E-state index in [1.807, 2.05) is 124 Å². The van der Waals surface area contributed by atoms with E-state index in [1.165, 1.54) is 11.1 Å². The fourth-order valence-electron chi connectivity index (χ4n) is 5.81. The van der Waals surface area contributed by atoms with Crippen LogP contribution in [0.15, 0.2) is 152 Å². The molecule has 7 rings (SSSR count). The van der Waals surface area contributed by atoms with Crippen molar-refractivity contribution < 1.29 is 14.2 Å². The average molecular weight is 777 g/mol. The van der Waals surface area contributed by atoms with E-state index in [0.29, 0.717) is 11.4 Å². The maximum atomic E-state index is 5.91. The summed E-state index contributed by atoms with van der Waals surface area (Å²) in [5.74, 6) is 4.62. The van der Waals surface area contributed by atoms with Gasteiger partial charge in [0, 0.05) is 39.5 Å². The molecule has 0 bridgehead atoms. The van der Waals surface area contributed by atoms with Crippen molar-refractivity contribution in [3.63, 3.8) is 0 Å². The second kappa shape index (κ2) is 19.6. The molecule has 0 saturated carbocycles. The number of benzene rings is 7. The summed E-state index contributed by atoms with van der Waals surface area (Å²) in [5.41, 5.74) is 44.1. The Morgan fingerprint density at radius 1 is 0.345 bits per heavy atom. The number of rotatable bonds is 8. The van der Waals surface area contributed by atoms with Crippen LogP contribution < -0.4 is 48.6 Å². The molecular formula is C49H56N6O3. The van der Waals surface area contributed by atoms with E-state index in [9.17, 15) is 0 Å². The lowest BCUT2D eigenvalue weighted by Gasteiger charge is -2.26. The Kier molecular flexibility index (Phi) is 14.7. The van der Waals surface area contributed by atoms with Gasteiger partial charge in [0.05, 0.1) is 0 Å². The number of anilines is 6. The Morgan fingerprint density at radius 2 is 0.552 bits per heavy atom. The van der Waals surface area contributed by atoms with Crippen molar-refractivity contribution in [2.24, 2.45) is 0 Å². The molecule has 0 spiro atoms. The molecule has 0 heterocycles. The van der Waals surface area contributed by atoms with Crippen molar-refractivity contribution in [1.82, 2.24) is 0 Å². The molecule has 0 saturated heterocycles. The Bertz CT molecular complexity index is 2180. The maximum absolute atomic E-state index is 5.91. The number of nitrogens with two attached hydrogens (primary N) is 6. The number of nitrogen functional groups attached to an aromatic ring is 6. The van der Waals surface area contributed by atoms with E-state index in [0.717, 1.165) is 73.9 Å². The molecule has 12 N–H and O–H groups in total. The van der Waals surface area contributed by atoms with Crippen LogP contribution in [0.2, 0.25) is 0 Å². The van der Waals surface area contributed by atoms with Gasteiger partial charge in [0.1, 0.15) is 34.5 Å². The highest BCUT2D eigenvalue weighted by Gasteiger charge is 2.23. The number of aryl methyl sites for hydroxylation is 2. The maximum Gasteiger partial charge on any atom is 0.127 e. The zero-order chi connectivity index (χ0) is 41.1. The minimum absolute atomic E-state index is 0. The van der Waals surface area contributed by atoms with E-state index in [1.54, 1.807) is 24.3 Å². The van der Waals surface area contributed by atoms with Crippen LogP contribution in [0.5, 0.6) is 34.5 Å². The predicted octanol–water partition coefficient (Wildman–Crippen LogP) is 11.8. The van der Waals surface area contributed by atoms with Gasteiger partial charge < -0.3 is 48.6 Å². The molecule has 0 aliphatic carbocycles. The predicted molar refractivity (Wildman–Crippen MR) is 245 cm³/mol. The van der Waals surface area contributed by atoms with Crippen molar-refractivity contribution in [3.8, 4) is 34.5 Å². The van der Waals surface area contributed by atoms with E-state index in [4.69, 9.17) is 48.6 Å². The third-order valence-electron chi connectivity index (χ3n) is 9.47. The van der Waals surface area contributed by atoms with Gasteiger partial charge in [-0.25, -0.2) is 0 Å². The third-order valence-corrected chi connectivity index (χ3v) is 9.47. The van der Waals surface area contributed by atoms with Gasteiger partial charge in [-0.05, 0) is 170 Å². The van der Waals surface area contributed by atoms with Crippen LogP contribution in [0.25, 0.3) is 0 Å². The van der Waals surface area contributed by atoms with E-state index < -0.39 is 0 Å². The summed E-state index contributed by atoms with van der Waals surface area (Å²) in [5, 5.41) is 0. The lowest BCUT2D eigenvalue weighted by Crippen LogP contribution is -2.18. The summed E-state index contributed by atoms with van der Waals surface area (Å²) < 4.78 is 17.4. The third kappa shape index (κ3) is 11.9. The number of ether oxygens (including phenoxy) is 3. The molecule has 7 aromatic rings. The number of hydrogen-bond donors (Lipinski definition) is 6. The quantitative estimate of drug-likeness (QED) is 0.0817. The first-order valence-electron chi connectivity index (χ1n) is 18.5. The largest absolute Gasteiger partial charge is 0.457 e. The molecule has 0 aromatic heterocycles. The minimum atomic E-state index is -0.167. The van der Waals surface area contributed by atoms with Gasteiger partial charge in [0.25, 0.3) is 0 Å². The lowest BCUT2D eigenvalue weighted by atomic mass is 9.78. The molecule has 0 unspecified atom stereocenters. The molecule has 0 amide bonds. The highest BCUT2D eigenvalue weighted by molar-refractivity contribution is 5.67. The van der Waals surface area contributed by atoms with Crippen molar-refractivity contribution in [2.45, 2.75) is 47.5 Å². The fourth-order valence-corrected chi connectivity index (χ4v) is 5.81. The van der Waals surface area contributed by atoms with Crippen molar-refractivity contribution >= 4 is 34.1 Å². The summed E-state index contributed by atoms with van der Waals surface area (Å²) in [6, 6.07) is 47.6. The summed E-state index contributed by atoms with van der Waals surface area (Å²) >= 11 is 0. The lowest BCUT2D eigenvalue weighted by molar-refractivity contribution is 0.481. The first-order valence-corrected chi connectivity index (χ1v) is 18.5. The van der Waals surface area contributed by atoms with E-state index >= 15 is 0 Å². The number of hydrogen-bond acceptors (Lipinski definition) is 9. The summed E-state index contributed by atoms with van der Waals surface area (Å²) in [6.07, 6.45) is 0. The van der Waals surface area contributed by atoms with Gasteiger partial charge in [0.15, 0.2) is 0 Å². The van der Waals surface area contributed by atoms with Crippen molar-refractivity contribution in [1.29, 1.82) is 0 Å². The summed E-state index contributed by atoms with van der Waals surface area (Å²) in [7, 11) is 0. The minimum Gasteiger partial charge on any atom is -0.457 e. The highest BCUT2D eigenvalue weighted by atomic mass is 16.5. The standard InChI is InChI=1S/C27H26N2O2.C12H12N2O.C9H14N2.CH4/c1-27(2,19-3-11-23(12-4-19)30-25-15-7-21(28)8-16-25)20-5-13-24(14-6-20)31-26-17-9-22(29)10-18-26;13-9-1-5-11(6-2-9)15-12-7-3-10(14)4-8-12;1-5-4-6(2)9(11)7(3)8(5)10;/h3-18H,28-29H2,1-2H3;1-8H,13-14H2;4H,10-11H2,1-3H3;1H4. The summed E-state index contributed by atoms with van der Waals surface area (Å²) in [4.78, 5) is 0. The molecule has 7 aromatic carbocycles. The Labute approximate surface area is 343 Å². The monoisotopic (exact) mass is 776 g/mol. The van der Waals surface area contributed by atoms with Crippen molar-refractivity contribution in [2.75, 3.05) is 34.4 Å². The zero-order valence-corrected chi connectivity index (χ0v) is 33.1. The van der Waals surface area contributed by atoms with Gasteiger partial charge in [-0.3, -0.25) is 0 Å². The van der Waals surface area contributed by atoms with Crippen LogP contribution >= 0.6 is 0 Å². The van der Waals surface area contributed by atoms with Crippen LogP contribution in [-0.2, 0) is 5.41 Å².